The largest absolute Gasteiger partial charge is 0.497 e. The molecule has 1 aromatic carbocycles. The average Bonchev–Trinajstić information content (AvgIpc) is 2.24. The maximum atomic E-state index is 9.27. The van der Waals surface area contributed by atoms with Crippen LogP contribution in [0.1, 0.15) is 23.4 Å². The van der Waals surface area contributed by atoms with Crippen LogP contribution in [0.25, 0.3) is 0 Å². The van der Waals surface area contributed by atoms with Crippen LogP contribution >= 0.6 is 0 Å². The molecule has 0 radical (unpaired) electrons. The lowest BCUT2D eigenvalue weighted by molar-refractivity contribution is 0.411. The lowest BCUT2D eigenvalue weighted by Gasteiger charge is -2.08. The number of ether oxygens (including phenoxy) is 1. The van der Waals surface area contributed by atoms with Gasteiger partial charge >= 0.3 is 7.12 Å². The topological polar surface area (TPSA) is 49.7 Å². The van der Waals surface area contributed by atoms with Crippen LogP contribution in [-0.4, -0.2) is 24.2 Å². The SMILES string of the molecule is [2H]C([2H])([2H])Oc1ccc(C([2H])([2H])C([2H])([2H])[2H])c(B(O)O)c1. The van der Waals surface area contributed by atoms with Crippen LogP contribution in [0.2, 0.25) is 0 Å². The molecule has 70 valence electrons. The van der Waals surface area contributed by atoms with E-state index in [2.05, 4.69) is 4.74 Å². The Labute approximate surface area is 89.4 Å². The summed E-state index contributed by atoms with van der Waals surface area (Å²) in [7, 11) is -4.96. The predicted octanol–water partition coefficient (Wildman–Crippen LogP) is -0.0626. The highest BCUT2D eigenvalue weighted by atomic mass is 16.5. The fraction of sp³-hybridized carbons (Fsp3) is 0.333. The summed E-state index contributed by atoms with van der Waals surface area (Å²) < 4.78 is 62.2. The van der Waals surface area contributed by atoms with Gasteiger partial charge in [-0.15, -0.1) is 0 Å². The molecule has 0 saturated heterocycles. The van der Waals surface area contributed by atoms with E-state index in [1.165, 1.54) is 0 Å². The van der Waals surface area contributed by atoms with Crippen LogP contribution in [0, 0.1) is 0 Å². The Morgan fingerprint density at radius 3 is 3.08 bits per heavy atom. The molecule has 0 atom stereocenters. The van der Waals surface area contributed by atoms with Crippen molar-refractivity contribution < 1.29 is 25.8 Å². The quantitative estimate of drug-likeness (QED) is 0.653. The zero-order valence-electron chi connectivity index (χ0n) is 14.6. The maximum Gasteiger partial charge on any atom is 0.488 e. The van der Waals surface area contributed by atoms with E-state index in [0.717, 1.165) is 18.2 Å². The molecule has 0 unspecified atom stereocenters. The Morgan fingerprint density at radius 2 is 2.46 bits per heavy atom. The van der Waals surface area contributed by atoms with Gasteiger partial charge in [-0.05, 0) is 29.5 Å². The number of hydrogen-bond donors (Lipinski definition) is 2. The second kappa shape index (κ2) is 4.30. The van der Waals surface area contributed by atoms with Crippen molar-refractivity contribution in [1.29, 1.82) is 0 Å². The molecule has 2 N–H and O–H groups in total. The zero-order chi connectivity index (χ0) is 16.6. The van der Waals surface area contributed by atoms with E-state index in [9.17, 15) is 10.0 Å². The minimum atomic E-state index is -3.04. The van der Waals surface area contributed by atoms with Crippen molar-refractivity contribution in [3.63, 3.8) is 0 Å². The molecule has 0 saturated carbocycles. The Morgan fingerprint density at radius 1 is 1.62 bits per heavy atom. The van der Waals surface area contributed by atoms with Gasteiger partial charge in [-0.25, -0.2) is 0 Å². The molecule has 0 aliphatic rings. The highest BCUT2D eigenvalue weighted by Gasteiger charge is 2.15. The molecule has 1 rings (SSSR count). The third-order valence-electron chi connectivity index (χ3n) is 1.55. The second-order valence-corrected chi connectivity index (χ2v) is 2.35. The molecule has 3 nitrogen and oxygen atoms in total. The Hall–Kier alpha value is -0.995. The van der Waals surface area contributed by atoms with Crippen LogP contribution in [-0.2, 0) is 6.37 Å². The fourth-order valence-corrected chi connectivity index (χ4v) is 0.932. The molecule has 13 heavy (non-hydrogen) atoms. The van der Waals surface area contributed by atoms with E-state index in [1.54, 1.807) is 0 Å². The van der Waals surface area contributed by atoms with Gasteiger partial charge in [0.25, 0.3) is 0 Å². The normalized spacial score (nSPS) is 22.0. The Kier molecular flexibility index (Phi) is 1.20. The molecular formula is C9H13BO3. The molecule has 0 heterocycles. The summed E-state index contributed by atoms with van der Waals surface area (Å²) in [5.74, 6) is -0.261. The second-order valence-electron chi connectivity index (χ2n) is 2.35. The highest BCUT2D eigenvalue weighted by Crippen LogP contribution is 2.10. The predicted molar refractivity (Wildman–Crippen MR) is 52.2 cm³/mol. The molecule has 0 aliphatic heterocycles. The standard InChI is InChI=1S/C9H13BO3/c1-3-7-4-5-8(13-2)6-9(7)10(11)12/h4-6,11-12H,3H2,1-2H3/i1D3,2D3,3D2. The molecule has 0 bridgehead atoms. The van der Waals surface area contributed by atoms with Crippen molar-refractivity contribution >= 4 is 12.6 Å². The molecule has 0 aromatic heterocycles. The third-order valence-corrected chi connectivity index (χ3v) is 1.55. The molecule has 0 amide bonds. The van der Waals surface area contributed by atoms with Crippen molar-refractivity contribution in [2.75, 3.05) is 7.04 Å². The van der Waals surface area contributed by atoms with Crippen molar-refractivity contribution in [3.05, 3.63) is 23.8 Å². The van der Waals surface area contributed by atoms with E-state index in [-0.39, 0.29) is 5.75 Å². The number of rotatable bonds is 3. The van der Waals surface area contributed by atoms with Gasteiger partial charge in [0.2, 0.25) is 0 Å². The molecule has 0 aliphatic carbocycles. The molecule has 0 spiro atoms. The van der Waals surface area contributed by atoms with Crippen LogP contribution in [0.3, 0.4) is 0 Å². The first-order valence-corrected chi connectivity index (χ1v) is 3.45. The van der Waals surface area contributed by atoms with Gasteiger partial charge in [-0.1, -0.05) is 12.9 Å². The minimum absolute atomic E-state index is 0.261. The minimum Gasteiger partial charge on any atom is -0.497 e. The van der Waals surface area contributed by atoms with Crippen molar-refractivity contribution in [2.24, 2.45) is 0 Å². The fourth-order valence-electron chi connectivity index (χ4n) is 0.932. The zero-order valence-corrected chi connectivity index (χ0v) is 6.61. The first-order chi connectivity index (χ1) is 9.25. The lowest BCUT2D eigenvalue weighted by atomic mass is 9.76. The van der Waals surface area contributed by atoms with Gasteiger partial charge in [-0.3, -0.25) is 0 Å². The molecule has 0 fully saturated rings. The van der Waals surface area contributed by atoms with Gasteiger partial charge in [-0.2, -0.15) is 0 Å². The van der Waals surface area contributed by atoms with Gasteiger partial charge < -0.3 is 14.8 Å². The smallest absolute Gasteiger partial charge is 0.488 e. The van der Waals surface area contributed by atoms with E-state index in [1.807, 2.05) is 0 Å². The monoisotopic (exact) mass is 188 g/mol. The molecule has 1 aromatic rings. The van der Waals surface area contributed by atoms with Crippen LogP contribution in [0.5, 0.6) is 5.75 Å². The summed E-state index contributed by atoms with van der Waals surface area (Å²) >= 11 is 0. The van der Waals surface area contributed by atoms with Crippen molar-refractivity contribution in [1.82, 2.24) is 0 Å². The van der Waals surface area contributed by atoms with Gasteiger partial charge in [0.1, 0.15) is 5.75 Å². The van der Waals surface area contributed by atoms with Gasteiger partial charge in [0.15, 0.2) is 0 Å². The summed E-state index contributed by atoms with van der Waals surface area (Å²) in [6, 6.07) is 2.90. The van der Waals surface area contributed by atoms with Crippen LogP contribution in [0.15, 0.2) is 18.2 Å². The molecule has 4 heteroatoms. The van der Waals surface area contributed by atoms with Crippen molar-refractivity contribution in [2.45, 2.75) is 13.2 Å². The Bertz CT molecular complexity index is 511. The van der Waals surface area contributed by atoms with Gasteiger partial charge in [0.05, 0.1) is 11.2 Å². The number of aryl methyl sites for hydroxylation is 1. The van der Waals surface area contributed by atoms with Gasteiger partial charge in [0, 0.05) is 6.85 Å². The summed E-state index contributed by atoms with van der Waals surface area (Å²) in [6.45, 7) is -3.04. The summed E-state index contributed by atoms with van der Waals surface area (Å²) in [6.07, 6.45) is -2.84. The third kappa shape index (κ3) is 2.23. The number of benzene rings is 1. The van der Waals surface area contributed by atoms with E-state index in [0.29, 0.717) is 0 Å². The Balaban J connectivity index is 3.36. The highest BCUT2D eigenvalue weighted by molar-refractivity contribution is 6.59. The van der Waals surface area contributed by atoms with Crippen LogP contribution < -0.4 is 10.2 Å². The van der Waals surface area contributed by atoms with Crippen LogP contribution in [0.4, 0.5) is 0 Å². The molecular weight excluding hydrogens is 167 g/mol. The van der Waals surface area contributed by atoms with Crippen molar-refractivity contribution in [3.8, 4) is 5.75 Å². The first kappa shape index (κ1) is 3.63. The lowest BCUT2D eigenvalue weighted by Crippen LogP contribution is -2.32. The van der Waals surface area contributed by atoms with E-state index >= 15 is 0 Å². The maximum absolute atomic E-state index is 9.27. The first-order valence-electron chi connectivity index (χ1n) is 7.45. The number of methoxy groups -OCH3 is 1. The van der Waals surface area contributed by atoms with E-state index < -0.39 is 38.4 Å². The average molecular weight is 188 g/mol. The summed E-state index contributed by atoms with van der Waals surface area (Å²) in [5, 5.41) is 18.5. The number of hydrogen-bond acceptors (Lipinski definition) is 3. The van der Waals surface area contributed by atoms with E-state index in [4.69, 9.17) is 11.0 Å². The summed E-state index contributed by atoms with van der Waals surface area (Å²) in [4.78, 5) is 0. The summed E-state index contributed by atoms with van der Waals surface area (Å²) in [5.41, 5.74) is -0.951.